The molecule has 102 valence electrons. The Kier molecular flexibility index (Phi) is 3.46. The second-order valence-corrected chi connectivity index (χ2v) is 5.54. The minimum absolute atomic E-state index is 0.0799. The Morgan fingerprint density at radius 1 is 1.42 bits per heavy atom. The molecule has 0 fully saturated rings. The van der Waals surface area contributed by atoms with Crippen molar-refractivity contribution in [2.75, 3.05) is 11.9 Å². The minimum atomic E-state index is -0.625. The highest BCUT2D eigenvalue weighted by Crippen LogP contribution is 2.31. The molecule has 1 heterocycles. The maximum absolute atomic E-state index is 12.3. The Balaban J connectivity index is 2.08. The average Bonchev–Trinajstić information content (AvgIpc) is 2.69. The van der Waals surface area contributed by atoms with Crippen molar-refractivity contribution in [1.82, 2.24) is 5.32 Å². The SMILES string of the molecule is CC(C)(CC(N)=O)NC(=O)C1CNc2ccccc21. The first-order valence-corrected chi connectivity index (χ1v) is 6.32. The Morgan fingerprint density at radius 3 is 2.79 bits per heavy atom. The molecule has 5 nitrogen and oxygen atoms in total. The Labute approximate surface area is 112 Å². The largest absolute Gasteiger partial charge is 0.384 e. The van der Waals surface area contributed by atoms with Gasteiger partial charge in [-0.15, -0.1) is 0 Å². The van der Waals surface area contributed by atoms with Crippen LogP contribution < -0.4 is 16.4 Å². The van der Waals surface area contributed by atoms with E-state index in [2.05, 4.69) is 10.6 Å². The van der Waals surface area contributed by atoms with Crippen LogP contribution in [-0.4, -0.2) is 23.9 Å². The lowest BCUT2D eigenvalue weighted by molar-refractivity contribution is -0.124. The topological polar surface area (TPSA) is 84.2 Å². The number of rotatable bonds is 4. The number of carbonyl (C=O) groups excluding carboxylic acids is 2. The van der Waals surface area contributed by atoms with Crippen LogP contribution in [0.4, 0.5) is 5.69 Å². The molecule has 0 radical (unpaired) electrons. The van der Waals surface area contributed by atoms with E-state index in [1.165, 1.54) is 0 Å². The van der Waals surface area contributed by atoms with Crippen molar-refractivity contribution < 1.29 is 9.59 Å². The summed E-state index contributed by atoms with van der Waals surface area (Å²) in [7, 11) is 0. The summed E-state index contributed by atoms with van der Waals surface area (Å²) < 4.78 is 0. The zero-order valence-electron chi connectivity index (χ0n) is 11.2. The van der Waals surface area contributed by atoms with Gasteiger partial charge >= 0.3 is 0 Å². The minimum Gasteiger partial charge on any atom is -0.384 e. The van der Waals surface area contributed by atoms with Crippen LogP contribution in [0.25, 0.3) is 0 Å². The highest BCUT2D eigenvalue weighted by atomic mass is 16.2. The Morgan fingerprint density at radius 2 is 2.11 bits per heavy atom. The number of fused-ring (bicyclic) bond motifs is 1. The van der Waals surface area contributed by atoms with Gasteiger partial charge in [-0.2, -0.15) is 0 Å². The van der Waals surface area contributed by atoms with Gasteiger partial charge in [-0.3, -0.25) is 9.59 Å². The number of para-hydroxylation sites is 1. The summed E-state index contributed by atoms with van der Waals surface area (Å²) in [5.74, 6) is -0.720. The van der Waals surface area contributed by atoms with Gasteiger partial charge in [0, 0.05) is 24.2 Å². The monoisotopic (exact) mass is 261 g/mol. The molecule has 5 heteroatoms. The lowest BCUT2D eigenvalue weighted by atomic mass is 9.96. The molecular weight excluding hydrogens is 242 g/mol. The molecule has 0 bridgehead atoms. The molecular formula is C14H19N3O2. The number of nitrogens with one attached hydrogen (secondary N) is 2. The molecule has 0 saturated heterocycles. The van der Waals surface area contributed by atoms with Gasteiger partial charge in [0.25, 0.3) is 0 Å². The van der Waals surface area contributed by atoms with Crippen molar-refractivity contribution in [2.45, 2.75) is 31.7 Å². The predicted octanol–water partition coefficient (Wildman–Crippen LogP) is 0.966. The van der Waals surface area contributed by atoms with Crippen LogP contribution in [0, 0.1) is 0 Å². The van der Waals surface area contributed by atoms with E-state index in [1.807, 2.05) is 24.3 Å². The maximum atomic E-state index is 12.3. The summed E-state index contributed by atoms with van der Waals surface area (Å²) in [6, 6.07) is 7.75. The third kappa shape index (κ3) is 3.05. The fraction of sp³-hybridized carbons (Fsp3) is 0.429. The molecule has 1 unspecified atom stereocenters. The second kappa shape index (κ2) is 4.91. The van der Waals surface area contributed by atoms with Gasteiger partial charge < -0.3 is 16.4 Å². The zero-order chi connectivity index (χ0) is 14.0. The summed E-state index contributed by atoms with van der Waals surface area (Å²) in [4.78, 5) is 23.3. The predicted molar refractivity (Wildman–Crippen MR) is 73.7 cm³/mol. The fourth-order valence-electron chi connectivity index (χ4n) is 2.42. The van der Waals surface area contributed by atoms with Crippen molar-refractivity contribution in [1.29, 1.82) is 0 Å². The number of hydrogen-bond donors (Lipinski definition) is 3. The molecule has 1 aliphatic heterocycles. The van der Waals surface area contributed by atoms with Crippen LogP contribution in [0.5, 0.6) is 0 Å². The standard InChI is InChI=1S/C14H19N3O2/c1-14(2,7-12(15)18)17-13(19)10-8-16-11-6-4-3-5-9(10)11/h3-6,10,16H,7-8H2,1-2H3,(H2,15,18)(H,17,19). The molecule has 1 atom stereocenters. The number of anilines is 1. The van der Waals surface area contributed by atoms with Gasteiger partial charge in [0.05, 0.1) is 5.92 Å². The smallest absolute Gasteiger partial charge is 0.229 e. The molecule has 19 heavy (non-hydrogen) atoms. The third-order valence-corrected chi connectivity index (χ3v) is 3.23. The summed E-state index contributed by atoms with van der Waals surface area (Å²) >= 11 is 0. The zero-order valence-corrected chi connectivity index (χ0v) is 11.2. The molecule has 2 rings (SSSR count). The summed E-state index contributed by atoms with van der Waals surface area (Å²) in [5, 5.41) is 6.10. The van der Waals surface area contributed by atoms with Gasteiger partial charge in [0.1, 0.15) is 0 Å². The number of amides is 2. The number of carbonyl (C=O) groups is 2. The van der Waals surface area contributed by atoms with Crippen molar-refractivity contribution in [2.24, 2.45) is 5.73 Å². The lowest BCUT2D eigenvalue weighted by Crippen LogP contribution is -2.48. The van der Waals surface area contributed by atoms with Crippen LogP contribution in [0.3, 0.4) is 0 Å². The van der Waals surface area contributed by atoms with E-state index >= 15 is 0 Å². The first-order chi connectivity index (χ1) is 8.89. The first kappa shape index (κ1) is 13.4. The second-order valence-electron chi connectivity index (χ2n) is 5.54. The van der Waals surface area contributed by atoms with Crippen molar-refractivity contribution in [3.63, 3.8) is 0 Å². The summed E-state index contributed by atoms with van der Waals surface area (Å²) in [6.07, 6.45) is 0.126. The van der Waals surface area contributed by atoms with E-state index < -0.39 is 11.4 Å². The maximum Gasteiger partial charge on any atom is 0.229 e. The highest BCUT2D eigenvalue weighted by Gasteiger charge is 2.32. The van der Waals surface area contributed by atoms with E-state index in [1.54, 1.807) is 13.8 Å². The number of benzene rings is 1. The van der Waals surface area contributed by atoms with Crippen LogP contribution in [0.1, 0.15) is 31.7 Å². The number of hydrogen-bond acceptors (Lipinski definition) is 3. The average molecular weight is 261 g/mol. The Hall–Kier alpha value is -2.04. The van der Waals surface area contributed by atoms with E-state index in [-0.39, 0.29) is 18.2 Å². The number of primary amides is 1. The van der Waals surface area contributed by atoms with Crippen LogP contribution in [0.15, 0.2) is 24.3 Å². The first-order valence-electron chi connectivity index (χ1n) is 6.32. The molecule has 0 saturated carbocycles. The molecule has 4 N–H and O–H groups in total. The molecule has 0 aliphatic carbocycles. The van der Waals surface area contributed by atoms with Crippen molar-refractivity contribution in [3.8, 4) is 0 Å². The van der Waals surface area contributed by atoms with E-state index in [0.29, 0.717) is 6.54 Å². The van der Waals surface area contributed by atoms with E-state index in [0.717, 1.165) is 11.3 Å². The highest BCUT2D eigenvalue weighted by molar-refractivity contribution is 5.89. The molecule has 0 aromatic heterocycles. The summed E-state index contributed by atoms with van der Waals surface area (Å²) in [6.45, 7) is 4.17. The normalized spacial score (nSPS) is 17.5. The molecule has 1 aromatic rings. The van der Waals surface area contributed by atoms with Crippen molar-refractivity contribution in [3.05, 3.63) is 29.8 Å². The molecule has 1 aliphatic rings. The van der Waals surface area contributed by atoms with E-state index in [9.17, 15) is 9.59 Å². The number of nitrogens with two attached hydrogens (primary N) is 1. The van der Waals surface area contributed by atoms with Gasteiger partial charge in [-0.05, 0) is 25.5 Å². The van der Waals surface area contributed by atoms with Crippen LogP contribution in [0.2, 0.25) is 0 Å². The van der Waals surface area contributed by atoms with Crippen molar-refractivity contribution >= 4 is 17.5 Å². The molecule has 0 spiro atoms. The molecule has 2 amide bonds. The third-order valence-electron chi connectivity index (χ3n) is 3.23. The van der Waals surface area contributed by atoms with Crippen LogP contribution in [-0.2, 0) is 9.59 Å². The quantitative estimate of drug-likeness (QED) is 0.755. The van der Waals surface area contributed by atoms with Gasteiger partial charge in [0.15, 0.2) is 0 Å². The van der Waals surface area contributed by atoms with Gasteiger partial charge in [-0.25, -0.2) is 0 Å². The Bertz CT molecular complexity index is 511. The summed E-state index contributed by atoms with van der Waals surface area (Å²) in [5.41, 5.74) is 6.55. The van der Waals surface area contributed by atoms with Gasteiger partial charge in [-0.1, -0.05) is 18.2 Å². The van der Waals surface area contributed by atoms with Crippen LogP contribution >= 0.6 is 0 Å². The molecule has 1 aromatic carbocycles. The van der Waals surface area contributed by atoms with E-state index in [4.69, 9.17) is 5.73 Å². The lowest BCUT2D eigenvalue weighted by Gasteiger charge is -2.26. The fourth-order valence-corrected chi connectivity index (χ4v) is 2.42. The van der Waals surface area contributed by atoms with Gasteiger partial charge in [0.2, 0.25) is 11.8 Å².